The van der Waals surface area contributed by atoms with Gasteiger partial charge in [-0.1, -0.05) is 27.7 Å². The maximum Gasteiger partial charge on any atom is 0.222 e. The van der Waals surface area contributed by atoms with Crippen LogP contribution in [0.1, 0.15) is 69.1 Å². The Morgan fingerprint density at radius 1 is 1.21 bits per heavy atom. The van der Waals surface area contributed by atoms with Crippen LogP contribution < -0.4 is 4.90 Å². The number of nitrogens with zero attached hydrogens (tertiary/aromatic N) is 4. The highest BCUT2D eigenvalue weighted by Crippen LogP contribution is 2.41. The van der Waals surface area contributed by atoms with Gasteiger partial charge in [0.15, 0.2) is 0 Å². The summed E-state index contributed by atoms with van der Waals surface area (Å²) in [6.45, 7) is 12.0. The zero-order valence-corrected chi connectivity index (χ0v) is 18.4. The van der Waals surface area contributed by atoms with E-state index in [4.69, 9.17) is 9.97 Å². The maximum absolute atomic E-state index is 12.1. The van der Waals surface area contributed by atoms with Gasteiger partial charge in [-0.05, 0) is 37.2 Å². The van der Waals surface area contributed by atoms with Crippen molar-refractivity contribution in [3.63, 3.8) is 0 Å². The van der Waals surface area contributed by atoms with Crippen LogP contribution in [0.15, 0.2) is 0 Å². The van der Waals surface area contributed by atoms with E-state index in [0.717, 1.165) is 56.6 Å². The molecule has 1 saturated heterocycles. The number of carbonyl (C=O) groups excluding carboxylic acids is 1. The van der Waals surface area contributed by atoms with Crippen LogP contribution in [0.5, 0.6) is 0 Å². The molecule has 152 valence electrons. The molecule has 0 aromatic carbocycles. The molecule has 1 aliphatic carbocycles. The Labute approximate surface area is 172 Å². The van der Waals surface area contributed by atoms with E-state index in [1.54, 1.807) is 0 Å². The molecule has 0 radical (unpaired) electrons. The molecule has 1 amide bonds. The first-order valence-corrected chi connectivity index (χ1v) is 11.7. The van der Waals surface area contributed by atoms with E-state index in [0.29, 0.717) is 12.3 Å². The van der Waals surface area contributed by atoms with Gasteiger partial charge >= 0.3 is 0 Å². The van der Waals surface area contributed by atoms with Crippen LogP contribution in [-0.4, -0.2) is 47.0 Å². The fourth-order valence-electron chi connectivity index (χ4n) is 4.36. The van der Waals surface area contributed by atoms with Gasteiger partial charge in [0.05, 0.1) is 5.39 Å². The van der Waals surface area contributed by atoms with Crippen molar-refractivity contribution in [2.75, 3.05) is 31.1 Å². The predicted octanol–water partition coefficient (Wildman–Crippen LogP) is 4.39. The van der Waals surface area contributed by atoms with Gasteiger partial charge in [0.2, 0.25) is 5.91 Å². The molecular weight excluding hydrogens is 368 g/mol. The Kier molecular flexibility index (Phi) is 5.59. The fraction of sp³-hybridized carbons (Fsp3) is 0.682. The average molecular weight is 401 g/mol. The number of amides is 1. The molecule has 3 heterocycles. The van der Waals surface area contributed by atoms with Gasteiger partial charge in [-0.15, -0.1) is 11.3 Å². The smallest absolute Gasteiger partial charge is 0.222 e. The van der Waals surface area contributed by atoms with Crippen LogP contribution >= 0.6 is 11.3 Å². The van der Waals surface area contributed by atoms with Crippen LogP contribution in [0.25, 0.3) is 10.2 Å². The maximum atomic E-state index is 12.1. The zero-order chi connectivity index (χ0) is 19.8. The molecular formula is C22H32N4OS. The monoisotopic (exact) mass is 400 g/mol. The van der Waals surface area contributed by atoms with Gasteiger partial charge in [-0.25, -0.2) is 9.97 Å². The molecule has 0 bridgehead atoms. The summed E-state index contributed by atoms with van der Waals surface area (Å²) < 4.78 is 0. The van der Waals surface area contributed by atoms with Crippen molar-refractivity contribution in [3.8, 4) is 0 Å². The number of rotatable bonds is 4. The molecule has 0 saturated carbocycles. The number of anilines is 1. The third kappa shape index (κ3) is 3.51. The van der Waals surface area contributed by atoms with Crippen LogP contribution in [0.3, 0.4) is 0 Å². The predicted molar refractivity (Wildman–Crippen MR) is 116 cm³/mol. The number of carbonyl (C=O) groups is 1. The summed E-state index contributed by atoms with van der Waals surface area (Å²) in [6.07, 6.45) is 5.21. The van der Waals surface area contributed by atoms with Crippen molar-refractivity contribution in [3.05, 3.63) is 16.3 Å². The second kappa shape index (κ2) is 7.97. The summed E-state index contributed by atoms with van der Waals surface area (Å²) in [4.78, 5) is 29.3. The molecule has 2 aliphatic rings. The lowest BCUT2D eigenvalue weighted by molar-refractivity contribution is -0.131. The highest BCUT2D eigenvalue weighted by atomic mass is 32.1. The number of hydrogen-bond acceptors (Lipinski definition) is 5. The normalized spacial score (nSPS) is 21.1. The first-order chi connectivity index (χ1) is 13.5. The third-order valence-corrected chi connectivity index (χ3v) is 7.59. The lowest BCUT2D eigenvalue weighted by Crippen LogP contribution is -2.49. The standard InChI is InChI=1S/C22H32N4OS/c1-5-15(4)20-23-21(26-11-9-25(10-12-26)18(27)6-2)19-16-8-7-14(3)13-17(16)28-22(19)24-20/h14-15H,5-13H2,1-4H3/t14-,15-/m1/s1. The molecule has 0 unspecified atom stereocenters. The van der Waals surface area contributed by atoms with E-state index >= 15 is 0 Å². The second-order valence-corrected chi connectivity index (χ2v) is 9.55. The van der Waals surface area contributed by atoms with Crippen molar-refractivity contribution >= 4 is 33.3 Å². The Balaban J connectivity index is 1.74. The van der Waals surface area contributed by atoms with Gasteiger partial charge in [-0.3, -0.25) is 4.79 Å². The number of thiophene rings is 1. The molecule has 2 atom stereocenters. The van der Waals surface area contributed by atoms with Gasteiger partial charge < -0.3 is 9.80 Å². The van der Waals surface area contributed by atoms with Crippen molar-refractivity contribution in [2.24, 2.45) is 5.92 Å². The van der Waals surface area contributed by atoms with Crippen molar-refractivity contribution < 1.29 is 4.79 Å². The van der Waals surface area contributed by atoms with Gasteiger partial charge in [0.1, 0.15) is 16.5 Å². The lowest BCUT2D eigenvalue weighted by Gasteiger charge is -2.36. The van der Waals surface area contributed by atoms with Crippen molar-refractivity contribution in [2.45, 2.75) is 65.7 Å². The lowest BCUT2D eigenvalue weighted by atomic mass is 9.89. The number of piperazine rings is 1. The largest absolute Gasteiger partial charge is 0.352 e. The SMILES string of the molecule is CCC(=O)N1CCN(c2nc([C@H](C)CC)nc3sc4c(c23)CC[C@@H](C)C4)CC1. The molecule has 28 heavy (non-hydrogen) atoms. The van der Waals surface area contributed by atoms with Crippen LogP contribution in [0, 0.1) is 5.92 Å². The summed E-state index contributed by atoms with van der Waals surface area (Å²) in [5, 5.41) is 1.30. The van der Waals surface area contributed by atoms with E-state index in [2.05, 4.69) is 25.7 Å². The Bertz CT molecular complexity index is 869. The Morgan fingerprint density at radius 2 is 1.96 bits per heavy atom. The molecule has 4 rings (SSSR count). The molecule has 1 aliphatic heterocycles. The highest BCUT2D eigenvalue weighted by Gasteiger charge is 2.28. The molecule has 1 fully saturated rings. The third-order valence-electron chi connectivity index (χ3n) is 6.44. The number of aryl methyl sites for hydroxylation is 1. The van der Waals surface area contributed by atoms with E-state index in [-0.39, 0.29) is 5.91 Å². The van der Waals surface area contributed by atoms with Crippen molar-refractivity contribution in [1.29, 1.82) is 0 Å². The number of fused-ring (bicyclic) bond motifs is 3. The molecule has 5 nitrogen and oxygen atoms in total. The minimum Gasteiger partial charge on any atom is -0.352 e. The van der Waals surface area contributed by atoms with E-state index < -0.39 is 0 Å². The zero-order valence-electron chi connectivity index (χ0n) is 17.6. The van der Waals surface area contributed by atoms with E-state index in [1.165, 1.54) is 33.5 Å². The van der Waals surface area contributed by atoms with Gasteiger partial charge in [0.25, 0.3) is 0 Å². The van der Waals surface area contributed by atoms with Gasteiger partial charge in [-0.2, -0.15) is 0 Å². The minimum absolute atomic E-state index is 0.259. The number of aromatic nitrogens is 2. The summed E-state index contributed by atoms with van der Waals surface area (Å²) in [5.41, 5.74) is 1.50. The van der Waals surface area contributed by atoms with Crippen LogP contribution in [0.2, 0.25) is 0 Å². The molecule has 0 N–H and O–H groups in total. The quantitative estimate of drug-likeness (QED) is 0.764. The number of hydrogen-bond donors (Lipinski definition) is 0. The molecule has 2 aromatic rings. The highest BCUT2D eigenvalue weighted by molar-refractivity contribution is 7.19. The average Bonchev–Trinajstić information content (AvgIpc) is 3.09. The second-order valence-electron chi connectivity index (χ2n) is 8.47. The topological polar surface area (TPSA) is 49.3 Å². The summed E-state index contributed by atoms with van der Waals surface area (Å²) in [6, 6.07) is 0. The van der Waals surface area contributed by atoms with Gasteiger partial charge in [0, 0.05) is 43.4 Å². The van der Waals surface area contributed by atoms with E-state index in [9.17, 15) is 4.79 Å². The first-order valence-electron chi connectivity index (χ1n) is 10.9. The van der Waals surface area contributed by atoms with Crippen LogP contribution in [-0.2, 0) is 17.6 Å². The van der Waals surface area contributed by atoms with Crippen LogP contribution in [0.4, 0.5) is 5.82 Å². The summed E-state index contributed by atoms with van der Waals surface area (Å²) in [7, 11) is 0. The summed E-state index contributed by atoms with van der Waals surface area (Å²) >= 11 is 1.89. The molecule has 6 heteroatoms. The first kappa shape index (κ1) is 19.6. The minimum atomic E-state index is 0.259. The molecule has 0 spiro atoms. The summed E-state index contributed by atoms with van der Waals surface area (Å²) in [5.74, 6) is 3.48. The molecule has 2 aromatic heterocycles. The van der Waals surface area contributed by atoms with E-state index in [1.807, 2.05) is 23.2 Å². The Morgan fingerprint density at radius 3 is 2.64 bits per heavy atom. The van der Waals surface area contributed by atoms with Crippen molar-refractivity contribution in [1.82, 2.24) is 14.9 Å². The fourth-order valence-corrected chi connectivity index (χ4v) is 5.75. The Hall–Kier alpha value is -1.69.